The summed E-state index contributed by atoms with van der Waals surface area (Å²) in [6.45, 7) is 2.46. The molecule has 9 nitrogen and oxygen atoms in total. The van der Waals surface area contributed by atoms with Crippen molar-refractivity contribution in [3.8, 4) is 0 Å². The number of hydrogen-bond acceptors (Lipinski definition) is 5. The number of sulfonamides is 1. The summed E-state index contributed by atoms with van der Waals surface area (Å²) in [5, 5.41) is 12.4. The number of aromatic nitrogens is 2. The molecule has 0 unspecified atom stereocenters. The monoisotopic (exact) mass is 439 g/mol. The van der Waals surface area contributed by atoms with Gasteiger partial charge in [0.15, 0.2) is 5.69 Å². The van der Waals surface area contributed by atoms with Crippen molar-refractivity contribution in [3.63, 3.8) is 0 Å². The van der Waals surface area contributed by atoms with Crippen LogP contribution in [0.4, 0.5) is 5.69 Å². The number of rotatable bonds is 5. The van der Waals surface area contributed by atoms with Crippen LogP contribution >= 0.6 is 11.6 Å². The van der Waals surface area contributed by atoms with Gasteiger partial charge in [0.2, 0.25) is 10.0 Å². The molecule has 2 heterocycles. The Labute approximate surface area is 173 Å². The van der Waals surface area contributed by atoms with E-state index in [9.17, 15) is 18.0 Å². The Morgan fingerprint density at radius 2 is 1.93 bits per heavy atom. The number of piperidine rings is 1. The van der Waals surface area contributed by atoms with Crippen LogP contribution in [-0.4, -0.2) is 60.1 Å². The summed E-state index contributed by atoms with van der Waals surface area (Å²) in [7, 11) is -3.23. The van der Waals surface area contributed by atoms with Gasteiger partial charge in [0, 0.05) is 25.3 Å². The first-order chi connectivity index (χ1) is 13.7. The van der Waals surface area contributed by atoms with E-state index in [-0.39, 0.29) is 17.4 Å². The molecule has 2 aromatic rings. The minimum atomic E-state index is -3.23. The highest BCUT2D eigenvalue weighted by atomic mass is 35.5. The van der Waals surface area contributed by atoms with Crippen molar-refractivity contribution in [2.45, 2.75) is 25.8 Å². The van der Waals surface area contributed by atoms with Crippen LogP contribution in [-0.2, 0) is 10.0 Å². The number of H-pyrrole nitrogens is 1. The summed E-state index contributed by atoms with van der Waals surface area (Å²) in [5.41, 5.74) is 1.32. The second-order valence-corrected chi connectivity index (χ2v) is 9.33. The minimum Gasteiger partial charge on any atom is -0.348 e. The van der Waals surface area contributed by atoms with Gasteiger partial charge in [-0.3, -0.25) is 14.7 Å². The van der Waals surface area contributed by atoms with E-state index in [1.54, 1.807) is 25.1 Å². The number of carbonyl (C=O) groups excluding carboxylic acids is 2. The van der Waals surface area contributed by atoms with Gasteiger partial charge in [0.25, 0.3) is 11.8 Å². The third-order valence-electron chi connectivity index (χ3n) is 4.81. The molecule has 0 atom stereocenters. The topological polar surface area (TPSA) is 124 Å². The summed E-state index contributed by atoms with van der Waals surface area (Å²) in [5.74, 6) is -0.889. The molecule has 11 heteroatoms. The maximum atomic E-state index is 12.6. The average Bonchev–Trinajstić information content (AvgIpc) is 3.09. The smallest absolute Gasteiger partial charge is 0.274 e. The molecule has 1 aromatic carbocycles. The van der Waals surface area contributed by atoms with Gasteiger partial charge < -0.3 is 10.6 Å². The standard InChI is InChI=1S/C18H22ClN5O4S/c1-11-4-3-5-13(19)15(11)17(25)22-14-10-20-23-16(14)18(26)21-12-6-8-24(9-7-12)29(2,27)28/h3-5,10,12H,6-9H2,1-2H3,(H,20,23)(H,21,26)(H,22,25). The van der Waals surface area contributed by atoms with Crippen LogP contribution in [0.3, 0.4) is 0 Å². The van der Waals surface area contributed by atoms with Crippen LogP contribution in [0.15, 0.2) is 24.4 Å². The summed E-state index contributed by atoms with van der Waals surface area (Å²) in [6, 6.07) is 4.97. The van der Waals surface area contributed by atoms with Crippen LogP contribution in [0.2, 0.25) is 5.02 Å². The number of amides is 2. The number of hydrogen-bond donors (Lipinski definition) is 3. The van der Waals surface area contributed by atoms with Gasteiger partial charge >= 0.3 is 0 Å². The molecule has 156 valence electrons. The molecule has 1 fully saturated rings. The number of benzene rings is 1. The van der Waals surface area contributed by atoms with E-state index in [4.69, 9.17) is 11.6 Å². The van der Waals surface area contributed by atoms with E-state index < -0.39 is 21.8 Å². The highest BCUT2D eigenvalue weighted by Gasteiger charge is 2.27. The molecule has 2 amide bonds. The van der Waals surface area contributed by atoms with Crippen molar-refractivity contribution in [3.05, 3.63) is 46.2 Å². The molecule has 1 aliphatic heterocycles. The zero-order chi connectivity index (χ0) is 21.2. The van der Waals surface area contributed by atoms with Crippen LogP contribution in [0, 0.1) is 6.92 Å². The first-order valence-electron chi connectivity index (χ1n) is 9.03. The lowest BCUT2D eigenvalue weighted by atomic mass is 10.1. The fraction of sp³-hybridized carbons (Fsp3) is 0.389. The lowest BCUT2D eigenvalue weighted by molar-refractivity contribution is 0.0919. The number of halogens is 1. The number of nitrogens with one attached hydrogen (secondary N) is 3. The maximum absolute atomic E-state index is 12.6. The van der Waals surface area contributed by atoms with Crippen LogP contribution in [0.1, 0.15) is 39.3 Å². The second kappa shape index (κ2) is 8.52. The summed E-state index contributed by atoms with van der Waals surface area (Å²) < 4.78 is 24.6. The molecule has 0 aliphatic carbocycles. The van der Waals surface area contributed by atoms with E-state index in [0.717, 1.165) is 0 Å². The Morgan fingerprint density at radius 1 is 1.24 bits per heavy atom. The Bertz CT molecular complexity index is 1010. The number of anilines is 1. The molecule has 0 saturated carbocycles. The summed E-state index contributed by atoms with van der Waals surface area (Å²) in [6.07, 6.45) is 3.60. The molecule has 29 heavy (non-hydrogen) atoms. The Hall–Kier alpha value is -2.43. The zero-order valence-corrected chi connectivity index (χ0v) is 17.6. The first-order valence-corrected chi connectivity index (χ1v) is 11.3. The van der Waals surface area contributed by atoms with Crippen molar-refractivity contribution < 1.29 is 18.0 Å². The predicted octanol–water partition coefficient (Wildman–Crippen LogP) is 1.78. The number of carbonyl (C=O) groups is 2. The van der Waals surface area contributed by atoms with Crippen molar-refractivity contribution in [1.82, 2.24) is 19.8 Å². The van der Waals surface area contributed by atoms with Crippen molar-refractivity contribution in [2.75, 3.05) is 24.7 Å². The molecular formula is C18H22ClN5O4S. The highest BCUT2D eigenvalue weighted by Crippen LogP contribution is 2.22. The molecular weight excluding hydrogens is 418 g/mol. The molecule has 0 spiro atoms. The molecule has 0 radical (unpaired) electrons. The lowest BCUT2D eigenvalue weighted by Crippen LogP contribution is -2.46. The highest BCUT2D eigenvalue weighted by molar-refractivity contribution is 7.88. The van der Waals surface area contributed by atoms with Crippen LogP contribution < -0.4 is 10.6 Å². The van der Waals surface area contributed by atoms with Gasteiger partial charge in [-0.05, 0) is 31.4 Å². The minimum absolute atomic E-state index is 0.0496. The molecule has 3 rings (SSSR count). The maximum Gasteiger partial charge on any atom is 0.274 e. The summed E-state index contributed by atoms with van der Waals surface area (Å²) >= 11 is 6.13. The van der Waals surface area contributed by atoms with Gasteiger partial charge in [0.05, 0.1) is 22.5 Å². The SMILES string of the molecule is Cc1cccc(Cl)c1C(=O)Nc1c[nH]nc1C(=O)NC1CCN(S(C)(=O)=O)CC1. The largest absolute Gasteiger partial charge is 0.348 e. The molecule has 1 aliphatic rings. The Balaban J connectivity index is 1.66. The van der Waals surface area contributed by atoms with Crippen LogP contribution in [0.5, 0.6) is 0 Å². The zero-order valence-electron chi connectivity index (χ0n) is 16.0. The lowest BCUT2D eigenvalue weighted by Gasteiger charge is -2.30. The second-order valence-electron chi connectivity index (χ2n) is 6.94. The molecule has 0 bridgehead atoms. The van der Waals surface area contributed by atoms with E-state index in [1.807, 2.05) is 0 Å². The van der Waals surface area contributed by atoms with Gasteiger partial charge in [0.1, 0.15) is 0 Å². The third kappa shape index (κ3) is 4.95. The van der Waals surface area contributed by atoms with E-state index in [1.165, 1.54) is 16.8 Å². The summed E-state index contributed by atoms with van der Waals surface area (Å²) in [4.78, 5) is 25.2. The molecule has 1 aromatic heterocycles. The number of aryl methyl sites for hydroxylation is 1. The fourth-order valence-corrected chi connectivity index (χ4v) is 4.43. The normalized spacial score (nSPS) is 15.8. The van der Waals surface area contributed by atoms with E-state index in [0.29, 0.717) is 42.1 Å². The Morgan fingerprint density at radius 3 is 2.55 bits per heavy atom. The quantitative estimate of drug-likeness (QED) is 0.655. The molecule has 3 N–H and O–H groups in total. The number of nitrogens with zero attached hydrogens (tertiary/aromatic N) is 2. The van der Waals surface area contributed by atoms with Crippen LogP contribution in [0.25, 0.3) is 0 Å². The van der Waals surface area contributed by atoms with E-state index >= 15 is 0 Å². The van der Waals surface area contributed by atoms with Gasteiger partial charge in [-0.2, -0.15) is 5.10 Å². The van der Waals surface area contributed by atoms with E-state index in [2.05, 4.69) is 20.8 Å². The third-order valence-corrected chi connectivity index (χ3v) is 6.43. The van der Waals surface area contributed by atoms with Crippen molar-refractivity contribution in [1.29, 1.82) is 0 Å². The van der Waals surface area contributed by atoms with Crippen molar-refractivity contribution >= 4 is 39.1 Å². The Kier molecular flexibility index (Phi) is 6.25. The van der Waals surface area contributed by atoms with Crippen molar-refractivity contribution in [2.24, 2.45) is 0 Å². The first kappa shape index (κ1) is 21.3. The average molecular weight is 440 g/mol. The predicted molar refractivity (Wildman–Crippen MR) is 110 cm³/mol. The van der Waals surface area contributed by atoms with Gasteiger partial charge in [-0.25, -0.2) is 12.7 Å². The molecule has 1 saturated heterocycles. The number of aromatic amines is 1. The fourth-order valence-electron chi connectivity index (χ4n) is 3.25. The van der Waals surface area contributed by atoms with Gasteiger partial charge in [-0.1, -0.05) is 23.7 Å². The van der Waals surface area contributed by atoms with Gasteiger partial charge in [-0.15, -0.1) is 0 Å².